The summed E-state index contributed by atoms with van der Waals surface area (Å²) >= 11 is 0. The number of nitrogens with zero attached hydrogens (tertiary/aromatic N) is 1. The Morgan fingerprint density at radius 2 is 2.12 bits per heavy atom. The summed E-state index contributed by atoms with van der Waals surface area (Å²) in [6.45, 7) is 1.17. The fourth-order valence-electron chi connectivity index (χ4n) is 2.33. The van der Waals surface area contributed by atoms with Crippen molar-refractivity contribution in [3.8, 4) is 0 Å². The first kappa shape index (κ1) is 9.91. The van der Waals surface area contributed by atoms with E-state index in [0.29, 0.717) is 0 Å². The Balaban J connectivity index is 1.73. The first-order valence-electron chi connectivity index (χ1n) is 6.10. The van der Waals surface area contributed by atoms with E-state index < -0.39 is 0 Å². The molecule has 1 aromatic carbocycles. The lowest BCUT2D eigenvalue weighted by Gasteiger charge is -2.14. The van der Waals surface area contributed by atoms with Gasteiger partial charge in [0.25, 0.3) is 0 Å². The number of aromatic amines is 1. The predicted octanol–water partition coefficient (Wildman–Crippen LogP) is 2.80. The van der Waals surface area contributed by atoms with E-state index in [1.807, 2.05) is 0 Å². The zero-order valence-corrected chi connectivity index (χ0v) is 9.74. The van der Waals surface area contributed by atoms with Crippen LogP contribution in [-0.2, 0) is 6.42 Å². The second kappa shape index (κ2) is 3.95. The molecule has 2 heteroatoms. The summed E-state index contributed by atoms with van der Waals surface area (Å²) in [5.41, 5.74) is 2.70. The van der Waals surface area contributed by atoms with Gasteiger partial charge in [-0.3, -0.25) is 0 Å². The molecule has 16 heavy (non-hydrogen) atoms. The minimum Gasteiger partial charge on any atom is -0.361 e. The SMILES string of the molecule is CN(CCc1c[nH]c2ccccc12)C1CC1. The molecule has 0 amide bonds. The number of hydrogen-bond acceptors (Lipinski definition) is 1. The Bertz CT molecular complexity index is 482. The van der Waals surface area contributed by atoms with Crippen molar-refractivity contribution < 1.29 is 0 Å². The third-order valence-corrected chi connectivity index (χ3v) is 3.58. The summed E-state index contributed by atoms with van der Waals surface area (Å²) in [5, 5.41) is 1.38. The van der Waals surface area contributed by atoms with E-state index >= 15 is 0 Å². The van der Waals surface area contributed by atoms with Crippen LogP contribution in [0.25, 0.3) is 10.9 Å². The van der Waals surface area contributed by atoms with Gasteiger partial charge in [0.2, 0.25) is 0 Å². The topological polar surface area (TPSA) is 19.0 Å². The lowest BCUT2D eigenvalue weighted by molar-refractivity contribution is 0.329. The Morgan fingerprint density at radius 3 is 2.94 bits per heavy atom. The summed E-state index contributed by atoms with van der Waals surface area (Å²) in [7, 11) is 2.24. The third kappa shape index (κ3) is 1.85. The van der Waals surface area contributed by atoms with Crippen molar-refractivity contribution in [2.24, 2.45) is 0 Å². The maximum atomic E-state index is 3.34. The zero-order chi connectivity index (χ0) is 11.0. The highest BCUT2D eigenvalue weighted by Gasteiger charge is 2.25. The maximum absolute atomic E-state index is 3.34. The highest BCUT2D eigenvalue weighted by atomic mass is 15.1. The van der Waals surface area contributed by atoms with E-state index in [1.54, 1.807) is 0 Å². The highest BCUT2D eigenvalue weighted by molar-refractivity contribution is 5.83. The van der Waals surface area contributed by atoms with Gasteiger partial charge in [0.15, 0.2) is 0 Å². The lowest BCUT2D eigenvalue weighted by atomic mass is 10.1. The van der Waals surface area contributed by atoms with E-state index in [1.165, 1.54) is 35.9 Å². The fourth-order valence-corrected chi connectivity index (χ4v) is 2.33. The van der Waals surface area contributed by atoms with Gasteiger partial charge in [-0.1, -0.05) is 18.2 Å². The van der Waals surface area contributed by atoms with Crippen LogP contribution in [0.15, 0.2) is 30.5 Å². The normalized spacial score (nSPS) is 16.1. The van der Waals surface area contributed by atoms with Crippen molar-refractivity contribution in [2.45, 2.75) is 25.3 Å². The van der Waals surface area contributed by atoms with Gasteiger partial charge in [0, 0.05) is 29.7 Å². The number of likely N-dealkylation sites (N-methyl/N-ethyl adjacent to an activating group) is 1. The molecular formula is C14H18N2. The number of benzene rings is 1. The van der Waals surface area contributed by atoms with Gasteiger partial charge in [-0.2, -0.15) is 0 Å². The molecule has 0 radical (unpaired) electrons. The lowest BCUT2D eigenvalue weighted by Crippen LogP contribution is -2.23. The second-order valence-corrected chi connectivity index (χ2v) is 4.82. The molecule has 0 spiro atoms. The van der Waals surface area contributed by atoms with Crippen LogP contribution in [-0.4, -0.2) is 29.5 Å². The summed E-state index contributed by atoms with van der Waals surface area (Å²) in [6.07, 6.45) is 6.09. The Morgan fingerprint density at radius 1 is 1.31 bits per heavy atom. The van der Waals surface area contributed by atoms with Gasteiger partial charge in [-0.05, 0) is 37.9 Å². The van der Waals surface area contributed by atoms with E-state index in [0.717, 1.165) is 12.5 Å². The third-order valence-electron chi connectivity index (χ3n) is 3.58. The van der Waals surface area contributed by atoms with Crippen LogP contribution in [0.1, 0.15) is 18.4 Å². The van der Waals surface area contributed by atoms with Gasteiger partial charge < -0.3 is 9.88 Å². The van der Waals surface area contributed by atoms with Crippen molar-refractivity contribution in [3.63, 3.8) is 0 Å². The van der Waals surface area contributed by atoms with Crippen molar-refractivity contribution >= 4 is 10.9 Å². The standard InChI is InChI=1S/C14H18N2/c1-16(12-6-7-12)9-8-11-10-15-14-5-3-2-4-13(11)14/h2-5,10,12,15H,6-9H2,1H3. The second-order valence-electron chi connectivity index (χ2n) is 4.82. The molecule has 1 heterocycles. The number of rotatable bonds is 4. The number of para-hydroxylation sites is 1. The molecule has 2 aromatic rings. The van der Waals surface area contributed by atoms with Crippen molar-refractivity contribution in [3.05, 3.63) is 36.0 Å². The molecule has 1 aliphatic carbocycles. The molecule has 3 rings (SSSR count). The molecule has 1 fully saturated rings. The van der Waals surface area contributed by atoms with Crippen molar-refractivity contribution in [1.82, 2.24) is 9.88 Å². The number of H-pyrrole nitrogens is 1. The first-order chi connectivity index (χ1) is 7.84. The molecular weight excluding hydrogens is 196 g/mol. The van der Waals surface area contributed by atoms with Gasteiger partial charge >= 0.3 is 0 Å². The first-order valence-corrected chi connectivity index (χ1v) is 6.10. The van der Waals surface area contributed by atoms with E-state index in [2.05, 4.69) is 47.4 Å². The molecule has 84 valence electrons. The number of nitrogens with one attached hydrogen (secondary N) is 1. The van der Waals surface area contributed by atoms with Crippen LogP contribution in [0, 0.1) is 0 Å². The Kier molecular flexibility index (Phi) is 2.44. The van der Waals surface area contributed by atoms with Crippen molar-refractivity contribution in [2.75, 3.05) is 13.6 Å². The van der Waals surface area contributed by atoms with Gasteiger partial charge in [0.1, 0.15) is 0 Å². The van der Waals surface area contributed by atoms with E-state index in [-0.39, 0.29) is 0 Å². The van der Waals surface area contributed by atoms with Crippen LogP contribution in [0.3, 0.4) is 0 Å². The molecule has 0 saturated heterocycles. The van der Waals surface area contributed by atoms with Crippen LogP contribution in [0.2, 0.25) is 0 Å². The van der Waals surface area contributed by atoms with Gasteiger partial charge in [0.05, 0.1) is 0 Å². The smallest absolute Gasteiger partial charge is 0.0456 e. The minimum absolute atomic E-state index is 0.866. The zero-order valence-electron chi connectivity index (χ0n) is 9.74. The number of fused-ring (bicyclic) bond motifs is 1. The summed E-state index contributed by atoms with van der Waals surface area (Å²) in [6, 6.07) is 9.41. The molecule has 0 aliphatic heterocycles. The van der Waals surface area contributed by atoms with Crippen LogP contribution in [0.4, 0.5) is 0 Å². The average Bonchev–Trinajstić information content (AvgIpc) is 3.08. The highest BCUT2D eigenvalue weighted by Crippen LogP contribution is 2.26. The van der Waals surface area contributed by atoms with Gasteiger partial charge in [-0.25, -0.2) is 0 Å². The Labute approximate surface area is 96.3 Å². The molecule has 1 aromatic heterocycles. The minimum atomic E-state index is 0.866. The number of hydrogen-bond donors (Lipinski definition) is 1. The monoisotopic (exact) mass is 214 g/mol. The van der Waals surface area contributed by atoms with E-state index in [9.17, 15) is 0 Å². The summed E-state index contributed by atoms with van der Waals surface area (Å²) in [4.78, 5) is 5.83. The molecule has 1 N–H and O–H groups in total. The van der Waals surface area contributed by atoms with Crippen LogP contribution in [0.5, 0.6) is 0 Å². The maximum Gasteiger partial charge on any atom is 0.0456 e. The summed E-state index contributed by atoms with van der Waals surface area (Å²) < 4.78 is 0. The average molecular weight is 214 g/mol. The molecule has 0 atom stereocenters. The van der Waals surface area contributed by atoms with Gasteiger partial charge in [-0.15, -0.1) is 0 Å². The Hall–Kier alpha value is -1.28. The van der Waals surface area contributed by atoms with E-state index in [4.69, 9.17) is 0 Å². The molecule has 0 bridgehead atoms. The van der Waals surface area contributed by atoms with Crippen molar-refractivity contribution in [1.29, 1.82) is 0 Å². The summed E-state index contributed by atoms with van der Waals surface area (Å²) in [5.74, 6) is 0. The van der Waals surface area contributed by atoms with Crippen LogP contribution < -0.4 is 0 Å². The molecule has 1 aliphatic rings. The van der Waals surface area contributed by atoms with Crippen LogP contribution >= 0.6 is 0 Å². The molecule has 2 nitrogen and oxygen atoms in total. The molecule has 1 saturated carbocycles. The predicted molar refractivity (Wildman–Crippen MR) is 67.7 cm³/mol. The largest absolute Gasteiger partial charge is 0.361 e. The number of aromatic nitrogens is 1. The molecule has 0 unspecified atom stereocenters. The fraction of sp³-hybridized carbons (Fsp3) is 0.429. The quantitative estimate of drug-likeness (QED) is 0.829.